The highest BCUT2D eigenvalue weighted by atomic mass is 19.4. The number of hydrogen-bond donors (Lipinski definition) is 1. The molecule has 1 amide bonds. The van der Waals surface area contributed by atoms with E-state index in [0.717, 1.165) is 17.7 Å². The number of rotatable bonds is 4. The zero-order valence-corrected chi connectivity index (χ0v) is 17.1. The predicted octanol–water partition coefficient (Wildman–Crippen LogP) is 4.00. The lowest BCUT2D eigenvalue weighted by Gasteiger charge is -2.38. The molecule has 2 atom stereocenters. The van der Waals surface area contributed by atoms with Gasteiger partial charge in [-0.3, -0.25) is 4.79 Å². The van der Waals surface area contributed by atoms with E-state index in [1.54, 1.807) is 29.2 Å². The molecule has 31 heavy (non-hydrogen) atoms. The number of likely N-dealkylation sites (tertiary alicyclic amines) is 1. The number of halogens is 3. The van der Waals surface area contributed by atoms with E-state index < -0.39 is 17.3 Å². The number of carbonyl (C=O) groups is 1. The van der Waals surface area contributed by atoms with Crippen molar-refractivity contribution in [2.24, 2.45) is 0 Å². The maximum atomic E-state index is 12.9. The van der Waals surface area contributed by atoms with Gasteiger partial charge in [-0.15, -0.1) is 0 Å². The number of amides is 1. The number of hydrogen-bond acceptors (Lipinski definition) is 4. The smallest absolute Gasteiger partial charge is 0.416 e. The van der Waals surface area contributed by atoms with E-state index in [0.29, 0.717) is 30.7 Å². The van der Waals surface area contributed by atoms with Crippen molar-refractivity contribution in [3.8, 4) is 5.75 Å². The van der Waals surface area contributed by atoms with Gasteiger partial charge in [0.2, 0.25) is 0 Å². The molecule has 0 aliphatic carbocycles. The van der Waals surface area contributed by atoms with Crippen LogP contribution < -0.4 is 4.74 Å². The van der Waals surface area contributed by atoms with Gasteiger partial charge in [0.05, 0.1) is 18.8 Å². The molecule has 2 aromatic rings. The fraction of sp³-hybridized carbons (Fsp3) is 0.435. The molecule has 0 aromatic heterocycles. The molecule has 0 radical (unpaired) electrons. The van der Waals surface area contributed by atoms with Crippen LogP contribution in [0.1, 0.15) is 41.3 Å². The topological polar surface area (TPSA) is 59.0 Å². The second-order valence-electron chi connectivity index (χ2n) is 8.24. The van der Waals surface area contributed by atoms with Crippen LogP contribution in [0, 0.1) is 0 Å². The van der Waals surface area contributed by atoms with Gasteiger partial charge in [-0.1, -0.05) is 12.1 Å². The molecular formula is C23H24F3NO4. The van der Waals surface area contributed by atoms with Crippen LogP contribution in [0.25, 0.3) is 0 Å². The van der Waals surface area contributed by atoms with Gasteiger partial charge in [-0.05, 0) is 48.9 Å². The minimum Gasteiger partial charge on any atom is -0.490 e. The molecule has 0 saturated carbocycles. The third kappa shape index (κ3) is 4.55. The molecule has 2 saturated heterocycles. The zero-order valence-electron chi connectivity index (χ0n) is 17.1. The molecule has 2 unspecified atom stereocenters. The molecule has 2 aliphatic rings. The third-order valence-corrected chi connectivity index (χ3v) is 5.92. The van der Waals surface area contributed by atoms with Crippen LogP contribution >= 0.6 is 0 Å². The van der Waals surface area contributed by atoms with Gasteiger partial charge in [0.25, 0.3) is 5.91 Å². The summed E-state index contributed by atoms with van der Waals surface area (Å²) in [5, 5.41) is 10.3. The molecule has 4 rings (SSSR count). The number of piperidine rings is 1. The molecule has 2 aliphatic heterocycles. The molecule has 2 heterocycles. The lowest BCUT2D eigenvalue weighted by molar-refractivity contribution is -0.184. The third-order valence-electron chi connectivity index (χ3n) is 5.92. The van der Waals surface area contributed by atoms with Crippen LogP contribution in [0.2, 0.25) is 0 Å². The first kappa shape index (κ1) is 21.6. The summed E-state index contributed by atoms with van der Waals surface area (Å²) < 4.78 is 49.0. The van der Waals surface area contributed by atoms with Crippen molar-refractivity contribution in [3.63, 3.8) is 0 Å². The van der Waals surface area contributed by atoms with Gasteiger partial charge in [0, 0.05) is 31.0 Å². The number of alkyl halides is 3. The summed E-state index contributed by atoms with van der Waals surface area (Å²) in [5.74, 6) is 0.294. The Morgan fingerprint density at radius 1 is 1.13 bits per heavy atom. The Morgan fingerprint density at radius 3 is 2.29 bits per heavy atom. The summed E-state index contributed by atoms with van der Waals surface area (Å²) in [4.78, 5) is 14.7. The number of ether oxygens (including phenoxy) is 2. The van der Waals surface area contributed by atoms with Crippen LogP contribution in [0.5, 0.6) is 5.75 Å². The first-order valence-electron chi connectivity index (χ1n) is 10.2. The second kappa shape index (κ2) is 8.16. The SMILES string of the molecule is CC1CC(Oc2ccc(C(F)(F)F)cc2)CCN1C(=O)c1ccc(C2(O)COC2)cc1. The lowest BCUT2D eigenvalue weighted by Crippen LogP contribution is -2.47. The van der Waals surface area contributed by atoms with Gasteiger partial charge >= 0.3 is 6.18 Å². The van der Waals surface area contributed by atoms with E-state index in [1.807, 2.05) is 6.92 Å². The van der Waals surface area contributed by atoms with Gasteiger partial charge in [-0.2, -0.15) is 13.2 Å². The van der Waals surface area contributed by atoms with E-state index in [2.05, 4.69) is 0 Å². The van der Waals surface area contributed by atoms with Gasteiger partial charge in [0.1, 0.15) is 17.5 Å². The summed E-state index contributed by atoms with van der Waals surface area (Å²) in [6.07, 6.45) is -3.37. The van der Waals surface area contributed by atoms with Crippen molar-refractivity contribution >= 4 is 5.91 Å². The number of carbonyl (C=O) groups excluding carboxylic acids is 1. The van der Waals surface area contributed by atoms with Crippen molar-refractivity contribution in [1.29, 1.82) is 0 Å². The lowest BCUT2D eigenvalue weighted by atomic mass is 9.91. The Bertz CT molecular complexity index is 923. The molecule has 8 heteroatoms. The summed E-state index contributed by atoms with van der Waals surface area (Å²) in [6.45, 7) is 2.93. The van der Waals surface area contributed by atoms with Crippen molar-refractivity contribution in [2.45, 2.75) is 43.7 Å². The molecular weight excluding hydrogens is 411 g/mol. The van der Waals surface area contributed by atoms with Crippen molar-refractivity contribution in [3.05, 3.63) is 65.2 Å². The average molecular weight is 435 g/mol. The number of nitrogens with zero attached hydrogens (tertiary/aromatic N) is 1. The van der Waals surface area contributed by atoms with Gasteiger partial charge in [-0.25, -0.2) is 0 Å². The molecule has 0 spiro atoms. The zero-order chi connectivity index (χ0) is 22.2. The normalized spacial score (nSPS) is 23.2. The standard InChI is InChI=1S/C23H24F3NO4/c1-15-12-20(31-19-8-6-18(7-9-19)23(24,25)26)10-11-27(15)21(28)16-2-4-17(5-3-16)22(29)13-30-14-22/h2-9,15,20,29H,10-14H2,1H3. The monoisotopic (exact) mass is 435 g/mol. The highest BCUT2D eigenvalue weighted by Gasteiger charge is 2.38. The van der Waals surface area contributed by atoms with Crippen LogP contribution in [0.4, 0.5) is 13.2 Å². The molecule has 2 fully saturated rings. The minimum atomic E-state index is -4.37. The molecule has 0 bridgehead atoms. The van der Waals surface area contributed by atoms with Crippen molar-refractivity contribution in [2.75, 3.05) is 19.8 Å². The molecule has 2 aromatic carbocycles. The van der Waals surface area contributed by atoms with Crippen molar-refractivity contribution in [1.82, 2.24) is 4.90 Å². The first-order valence-corrected chi connectivity index (χ1v) is 10.2. The highest BCUT2D eigenvalue weighted by Crippen LogP contribution is 2.32. The van der Waals surface area contributed by atoms with E-state index >= 15 is 0 Å². The Kier molecular flexibility index (Phi) is 5.70. The van der Waals surface area contributed by atoms with Crippen LogP contribution in [0.15, 0.2) is 48.5 Å². The van der Waals surface area contributed by atoms with E-state index in [4.69, 9.17) is 9.47 Å². The molecule has 5 nitrogen and oxygen atoms in total. The van der Waals surface area contributed by atoms with Crippen LogP contribution in [0.3, 0.4) is 0 Å². The molecule has 1 N–H and O–H groups in total. The highest BCUT2D eigenvalue weighted by molar-refractivity contribution is 5.94. The molecule has 166 valence electrons. The van der Waals surface area contributed by atoms with Crippen LogP contribution in [-0.4, -0.2) is 47.8 Å². The maximum absolute atomic E-state index is 12.9. The van der Waals surface area contributed by atoms with Gasteiger partial charge in [0.15, 0.2) is 0 Å². The number of benzene rings is 2. The second-order valence-corrected chi connectivity index (χ2v) is 8.24. The maximum Gasteiger partial charge on any atom is 0.416 e. The fourth-order valence-corrected chi connectivity index (χ4v) is 4.00. The van der Waals surface area contributed by atoms with Crippen LogP contribution in [-0.2, 0) is 16.5 Å². The van der Waals surface area contributed by atoms with Crippen molar-refractivity contribution < 1.29 is 32.5 Å². The summed E-state index contributed by atoms with van der Waals surface area (Å²) in [7, 11) is 0. The Morgan fingerprint density at radius 2 is 1.77 bits per heavy atom. The Hall–Kier alpha value is -2.58. The largest absolute Gasteiger partial charge is 0.490 e. The average Bonchev–Trinajstić information content (AvgIpc) is 2.71. The Balaban J connectivity index is 1.35. The number of aliphatic hydroxyl groups is 1. The Labute approximate surface area is 178 Å². The summed E-state index contributed by atoms with van der Waals surface area (Å²) in [6, 6.07) is 11.5. The quantitative estimate of drug-likeness (QED) is 0.789. The summed E-state index contributed by atoms with van der Waals surface area (Å²) in [5.41, 5.74) is -0.409. The predicted molar refractivity (Wildman–Crippen MR) is 107 cm³/mol. The minimum absolute atomic E-state index is 0.0791. The summed E-state index contributed by atoms with van der Waals surface area (Å²) >= 11 is 0. The van der Waals surface area contributed by atoms with E-state index in [9.17, 15) is 23.1 Å². The fourth-order valence-electron chi connectivity index (χ4n) is 4.00. The van der Waals surface area contributed by atoms with E-state index in [-0.39, 0.29) is 31.3 Å². The van der Waals surface area contributed by atoms with Gasteiger partial charge < -0.3 is 19.5 Å². The van der Waals surface area contributed by atoms with E-state index in [1.165, 1.54) is 12.1 Å². The first-order chi connectivity index (χ1) is 14.7.